The second-order valence-corrected chi connectivity index (χ2v) is 8.14. The fourth-order valence-corrected chi connectivity index (χ4v) is 4.31. The van der Waals surface area contributed by atoms with Crippen LogP contribution in [0.15, 0.2) is 63.5 Å². The molecule has 2 aromatic carbocycles. The van der Waals surface area contributed by atoms with Crippen LogP contribution in [-0.2, 0) is 11.3 Å². The number of carbonyl (C=O) groups is 1. The summed E-state index contributed by atoms with van der Waals surface area (Å²) in [6, 6.07) is 14.6. The number of benzene rings is 2. The van der Waals surface area contributed by atoms with Crippen molar-refractivity contribution in [1.29, 1.82) is 0 Å². The first-order valence-electron chi connectivity index (χ1n) is 9.53. The molecule has 0 aliphatic rings. The van der Waals surface area contributed by atoms with Crippen molar-refractivity contribution in [1.82, 2.24) is 9.13 Å². The molecule has 152 valence electrons. The van der Waals surface area contributed by atoms with E-state index in [1.54, 1.807) is 23.6 Å². The van der Waals surface area contributed by atoms with Gasteiger partial charge in [-0.15, -0.1) is 11.3 Å². The van der Waals surface area contributed by atoms with E-state index >= 15 is 0 Å². The van der Waals surface area contributed by atoms with Crippen molar-refractivity contribution in [3.05, 3.63) is 91.4 Å². The molecule has 0 saturated carbocycles. The molecule has 7 heteroatoms. The van der Waals surface area contributed by atoms with Crippen LogP contribution in [0.25, 0.3) is 15.9 Å². The molecule has 1 N–H and O–H groups in total. The number of anilines is 1. The van der Waals surface area contributed by atoms with E-state index in [1.807, 2.05) is 51.1 Å². The number of aromatic nitrogens is 2. The Labute approximate surface area is 177 Å². The minimum atomic E-state index is -0.531. The lowest BCUT2D eigenvalue weighted by Gasteiger charge is -2.14. The Morgan fingerprint density at radius 1 is 0.967 bits per heavy atom. The Kier molecular flexibility index (Phi) is 5.13. The SMILES string of the molecule is Cc1ccccc1-n1c(=O)c2sccc2n(CC(=O)Nc2cccc(C)c2C)c1=O. The molecule has 0 aliphatic heterocycles. The van der Waals surface area contributed by atoms with Gasteiger partial charge in [-0.05, 0) is 61.0 Å². The van der Waals surface area contributed by atoms with Crippen molar-refractivity contribution >= 4 is 33.1 Å². The molecule has 30 heavy (non-hydrogen) atoms. The lowest BCUT2D eigenvalue weighted by molar-refractivity contribution is -0.116. The third kappa shape index (κ3) is 3.37. The lowest BCUT2D eigenvalue weighted by atomic mass is 10.1. The number of carbonyl (C=O) groups excluding carboxylic acids is 1. The summed E-state index contributed by atoms with van der Waals surface area (Å²) in [5.74, 6) is -0.326. The molecule has 2 heterocycles. The van der Waals surface area contributed by atoms with Crippen LogP contribution >= 0.6 is 11.3 Å². The Morgan fingerprint density at radius 2 is 1.70 bits per heavy atom. The number of rotatable bonds is 4. The van der Waals surface area contributed by atoms with Crippen LogP contribution in [0.4, 0.5) is 5.69 Å². The normalized spacial score (nSPS) is 11.0. The van der Waals surface area contributed by atoms with E-state index in [0.29, 0.717) is 21.6 Å². The first-order valence-corrected chi connectivity index (χ1v) is 10.4. The summed E-state index contributed by atoms with van der Waals surface area (Å²) in [4.78, 5) is 39.2. The monoisotopic (exact) mass is 419 g/mol. The number of nitrogens with zero attached hydrogens (tertiary/aromatic N) is 2. The molecule has 0 unspecified atom stereocenters. The number of fused-ring (bicyclic) bond motifs is 1. The van der Waals surface area contributed by atoms with Crippen molar-refractivity contribution in [3.8, 4) is 5.69 Å². The third-order valence-electron chi connectivity index (χ3n) is 5.29. The first-order chi connectivity index (χ1) is 14.4. The van der Waals surface area contributed by atoms with Gasteiger partial charge >= 0.3 is 5.69 Å². The molecule has 0 atom stereocenters. The molecule has 0 spiro atoms. The second-order valence-electron chi connectivity index (χ2n) is 7.23. The van der Waals surface area contributed by atoms with Gasteiger partial charge < -0.3 is 5.32 Å². The smallest absolute Gasteiger partial charge is 0.324 e. The number of thiophene rings is 1. The number of para-hydroxylation sites is 1. The van der Waals surface area contributed by atoms with Gasteiger partial charge in [-0.25, -0.2) is 9.36 Å². The maximum absolute atomic E-state index is 13.3. The summed E-state index contributed by atoms with van der Waals surface area (Å²) < 4.78 is 2.96. The quantitative estimate of drug-likeness (QED) is 0.547. The largest absolute Gasteiger partial charge is 0.336 e. The van der Waals surface area contributed by atoms with Crippen LogP contribution in [0, 0.1) is 20.8 Å². The predicted molar refractivity (Wildman–Crippen MR) is 121 cm³/mol. The zero-order valence-electron chi connectivity index (χ0n) is 16.9. The lowest BCUT2D eigenvalue weighted by Crippen LogP contribution is -2.40. The van der Waals surface area contributed by atoms with Crippen LogP contribution in [0.3, 0.4) is 0 Å². The molecule has 1 amide bonds. The molecule has 2 aromatic heterocycles. The zero-order valence-corrected chi connectivity index (χ0v) is 17.7. The highest BCUT2D eigenvalue weighted by molar-refractivity contribution is 7.17. The van der Waals surface area contributed by atoms with Crippen molar-refractivity contribution in [2.45, 2.75) is 27.3 Å². The van der Waals surface area contributed by atoms with E-state index in [9.17, 15) is 14.4 Å². The van der Waals surface area contributed by atoms with Gasteiger partial charge in [0.15, 0.2) is 0 Å². The van der Waals surface area contributed by atoms with Crippen molar-refractivity contribution in [2.24, 2.45) is 0 Å². The van der Waals surface area contributed by atoms with E-state index in [-0.39, 0.29) is 18.0 Å². The summed E-state index contributed by atoms with van der Waals surface area (Å²) in [6.07, 6.45) is 0. The second kappa shape index (κ2) is 7.76. The maximum atomic E-state index is 13.3. The number of amides is 1. The topological polar surface area (TPSA) is 73.1 Å². The van der Waals surface area contributed by atoms with Gasteiger partial charge in [-0.1, -0.05) is 30.3 Å². The summed E-state index contributed by atoms with van der Waals surface area (Å²) in [6.45, 7) is 5.57. The molecule has 0 saturated heterocycles. The van der Waals surface area contributed by atoms with Gasteiger partial charge in [0.25, 0.3) is 5.56 Å². The van der Waals surface area contributed by atoms with Gasteiger partial charge in [-0.3, -0.25) is 14.2 Å². The van der Waals surface area contributed by atoms with Crippen LogP contribution in [0.2, 0.25) is 0 Å². The van der Waals surface area contributed by atoms with E-state index in [0.717, 1.165) is 21.3 Å². The van der Waals surface area contributed by atoms with E-state index in [2.05, 4.69) is 5.32 Å². The minimum Gasteiger partial charge on any atom is -0.324 e. The Hall–Kier alpha value is -3.45. The average Bonchev–Trinajstić information content (AvgIpc) is 3.20. The summed E-state index contributed by atoms with van der Waals surface area (Å²) in [5.41, 5.74) is 3.65. The molecule has 4 aromatic rings. The van der Waals surface area contributed by atoms with E-state index in [4.69, 9.17) is 0 Å². The molecule has 0 bridgehead atoms. The van der Waals surface area contributed by atoms with Gasteiger partial charge in [0, 0.05) is 5.69 Å². The highest BCUT2D eigenvalue weighted by Crippen LogP contribution is 2.20. The van der Waals surface area contributed by atoms with Gasteiger partial charge in [-0.2, -0.15) is 0 Å². The van der Waals surface area contributed by atoms with Gasteiger partial charge in [0.05, 0.1) is 11.2 Å². The third-order valence-corrected chi connectivity index (χ3v) is 6.18. The Bertz CT molecular complexity index is 1400. The Morgan fingerprint density at radius 3 is 2.47 bits per heavy atom. The number of hydrogen-bond donors (Lipinski definition) is 1. The Balaban J connectivity index is 1.81. The average molecular weight is 420 g/mol. The van der Waals surface area contributed by atoms with Crippen LogP contribution in [0.5, 0.6) is 0 Å². The molecule has 4 rings (SSSR count). The molecular formula is C23H21N3O3S. The van der Waals surface area contributed by atoms with Crippen LogP contribution < -0.4 is 16.6 Å². The summed E-state index contributed by atoms with van der Waals surface area (Å²) >= 11 is 1.26. The van der Waals surface area contributed by atoms with Crippen molar-refractivity contribution in [3.63, 3.8) is 0 Å². The zero-order chi connectivity index (χ0) is 21.4. The number of hydrogen-bond acceptors (Lipinski definition) is 4. The van der Waals surface area contributed by atoms with Gasteiger partial charge in [0.1, 0.15) is 11.2 Å². The minimum absolute atomic E-state index is 0.189. The van der Waals surface area contributed by atoms with Crippen LogP contribution in [0.1, 0.15) is 16.7 Å². The van der Waals surface area contributed by atoms with Gasteiger partial charge in [0.2, 0.25) is 5.91 Å². The fraction of sp³-hybridized carbons (Fsp3) is 0.174. The number of aryl methyl sites for hydroxylation is 2. The number of nitrogens with one attached hydrogen (secondary N) is 1. The fourth-order valence-electron chi connectivity index (χ4n) is 3.49. The van der Waals surface area contributed by atoms with E-state index in [1.165, 1.54) is 15.9 Å². The molecule has 6 nitrogen and oxygen atoms in total. The highest BCUT2D eigenvalue weighted by atomic mass is 32.1. The summed E-state index contributed by atoms with van der Waals surface area (Å²) in [5, 5.41) is 4.64. The molecular weight excluding hydrogens is 398 g/mol. The highest BCUT2D eigenvalue weighted by Gasteiger charge is 2.18. The molecule has 0 fully saturated rings. The standard InChI is InChI=1S/C23H21N3O3S/c1-14-8-6-9-17(16(14)3)24-20(27)13-25-19-11-12-30-21(19)22(28)26(23(25)29)18-10-5-4-7-15(18)2/h4-12H,13H2,1-3H3,(H,24,27). The van der Waals surface area contributed by atoms with E-state index < -0.39 is 5.69 Å². The predicted octanol–water partition coefficient (Wildman–Crippen LogP) is 3.78. The molecule has 0 radical (unpaired) electrons. The summed E-state index contributed by atoms with van der Waals surface area (Å²) in [7, 11) is 0. The van der Waals surface area contributed by atoms with Crippen molar-refractivity contribution in [2.75, 3.05) is 5.32 Å². The van der Waals surface area contributed by atoms with Crippen LogP contribution in [-0.4, -0.2) is 15.0 Å². The van der Waals surface area contributed by atoms with Crippen molar-refractivity contribution < 1.29 is 4.79 Å². The molecule has 0 aliphatic carbocycles. The maximum Gasteiger partial charge on any atom is 0.336 e. The first kappa shape index (κ1) is 19.8.